The number of carbonyl (C=O) groups is 2. The smallest absolute Gasteiger partial charge is 0.387 e. The van der Waals surface area contributed by atoms with Gasteiger partial charge in [0, 0.05) is 14.1 Å². The summed E-state index contributed by atoms with van der Waals surface area (Å²) < 4.78 is 33.6. The van der Waals surface area contributed by atoms with Crippen molar-refractivity contribution in [1.29, 1.82) is 5.26 Å². The molecule has 154 valence electrons. The van der Waals surface area contributed by atoms with E-state index in [9.17, 15) is 23.6 Å². The fourth-order valence-electron chi connectivity index (χ4n) is 3.12. The number of halogens is 2. The Bertz CT molecular complexity index is 1010. The lowest BCUT2D eigenvalue weighted by molar-refractivity contribution is -0.118. The Balaban J connectivity index is 1.71. The standard InChI is InChI=1S/C21H17F2N3O4/c1-25-16-5-3-4-6-17(16)26(2)19(25)15(11-24)18(27)12-29-20(28)13-7-9-14(10-8-13)30-21(22)23/h3-10,21H,12H2,1-2H3. The van der Waals surface area contributed by atoms with Gasteiger partial charge in [0.2, 0.25) is 5.78 Å². The molecular weight excluding hydrogens is 396 g/mol. The van der Waals surface area contributed by atoms with Gasteiger partial charge in [0.05, 0.1) is 16.9 Å². The lowest BCUT2D eigenvalue weighted by Gasteiger charge is -2.19. The highest BCUT2D eigenvalue weighted by molar-refractivity contribution is 6.04. The summed E-state index contributed by atoms with van der Waals surface area (Å²) in [5.41, 5.74) is 1.57. The fraction of sp³-hybridized carbons (Fsp3) is 0.190. The molecule has 7 nitrogen and oxygen atoms in total. The Morgan fingerprint density at radius 1 is 1.03 bits per heavy atom. The molecule has 0 spiro atoms. The summed E-state index contributed by atoms with van der Waals surface area (Å²) in [6.07, 6.45) is 0. The zero-order valence-corrected chi connectivity index (χ0v) is 16.1. The number of fused-ring (bicyclic) bond motifs is 1. The minimum atomic E-state index is -2.98. The number of rotatable bonds is 6. The fourth-order valence-corrected chi connectivity index (χ4v) is 3.12. The van der Waals surface area contributed by atoms with Crippen LogP contribution in [-0.2, 0) is 9.53 Å². The molecule has 0 atom stereocenters. The number of carbonyl (C=O) groups excluding carboxylic acids is 2. The number of hydrogen-bond donors (Lipinski definition) is 0. The summed E-state index contributed by atoms with van der Waals surface area (Å²) in [7, 11) is 3.47. The van der Waals surface area contributed by atoms with E-state index >= 15 is 0 Å². The number of nitrogens with zero attached hydrogens (tertiary/aromatic N) is 3. The molecule has 0 saturated heterocycles. The summed E-state index contributed by atoms with van der Waals surface area (Å²) in [6.45, 7) is -3.62. The number of ketones is 1. The molecule has 3 rings (SSSR count). The first-order chi connectivity index (χ1) is 14.3. The van der Waals surface area contributed by atoms with Crippen molar-refractivity contribution in [3.8, 4) is 11.8 Å². The third kappa shape index (κ3) is 4.07. The second-order valence-corrected chi connectivity index (χ2v) is 6.32. The first-order valence-corrected chi connectivity index (χ1v) is 8.79. The first-order valence-electron chi connectivity index (χ1n) is 8.79. The summed E-state index contributed by atoms with van der Waals surface area (Å²) in [5, 5.41) is 9.56. The minimum Gasteiger partial charge on any atom is -0.454 e. The number of para-hydroxylation sites is 2. The van der Waals surface area contributed by atoms with Crippen molar-refractivity contribution in [2.75, 3.05) is 30.5 Å². The number of hydrogen-bond acceptors (Lipinski definition) is 7. The minimum absolute atomic E-state index is 0.0538. The number of nitriles is 1. The van der Waals surface area contributed by atoms with Crippen LogP contribution in [-0.4, -0.2) is 39.1 Å². The Labute approximate surface area is 171 Å². The second-order valence-electron chi connectivity index (χ2n) is 6.32. The number of benzene rings is 2. The van der Waals surface area contributed by atoms with Crippen LogP contribution >= 0.6 is 0 Å². The van der Waals surface area contributed by atoms with Gasteiger partial charge in [-0.2, -0.15) is 14.0 Å². The normalized spacial score (nSPS) is 12.5. The largest absolute Gasteiger partial charge is 0.454 e. The molecule has 9 heteroatoms. The van der Waals surface area contributed by atoms with Gasteiger partial charge in [0.1, 0.15) is 23.2 Å². The van der Waals surface area contributed by atoms with Gasteiger partial charge in [-0.05, 0) is 36.4 Å². The molecule has 1 aliphatic rings. The number of esters is 1. The van der Waals surface area contributed by atoms with Gasteiger partial charge in [-0.25, -0.2) is 4.79 Å². The van der Waals surface area contributed by atoms with Crippen LogP contribution in [0.25, 0.3) is 0 Å². The molecule has 2 aromatic rings. The van der Waals surface area contributed by atoms with Crippen LogP contribution in [0.3, 0.4) is 0 Å². The molecule has 2 aromatic carbocycles. The second kappa shape index (κ2) is 8.61. The molecule has 0 fully saturated rings. The van der Waals surface area contributed by atoms with Gasteiger partial charge in [0.15, 0.2) is 6.61 Å². The molecule has 0 bridgehead atoms. The lowest BCUT2D eigenvalue weighted by Crippen LogP contribution is -2.27. The highest BCUT2D eigenvalue weighted by Crippen LogP contribution is 2.40. The Hall–Kier alpha value is -3.93. The summed E-state index contributed by atoms with van der Waals surface area (Å²) in [5.74, 6) is -1.22. The van der Waals surface area contributed by atoms with Crippen molar-refractivity contribution >= 4 is 23.1 Å². The van der Waals surface area contributed by atoms with E-state index in [4.69, 9.17) is 4.74 Å². The third-order valence-corrected chi connectivity index (χ3v) is 4.50. The number of Topliss-reactive ketones (excluding diaryl/α,β-unsaturated/α-hetero) is 1. The molecule has 0 aliphatic carbocycles. The van der Waals surface area contributed by atoms with Crippen molar-refractivity contribution in [2.45, 2.75) is 6.61 Å². The van der Waals surface area contributed by atoms with E-state index in [1.165, 1.54) is 24.3 Å². The number of anilines is 2. The van der Waals surface area contributed by atoms with Crippen molar-refractivity contribution < 1.29 is 27.8 Å². The molecule has 0 aromatic heterocycles. The SMILES string of the molecule is CN1C(=C(C#N)C(=O)COC(=O)c2ccc(OC(F)F)cc2)N(C)c2ccccc21. The van der Waals surface area contributed by atoms with Gasteiger partial charge in [-0.1, -0.05) is 12.1 Å². The van der Waals surface area contributed by atoms with E-state index < -0.39 is 25.0 Å². The summed E-state index contributed by atoms with van der Waals surface area (Å²) >= 11 is 0. The highest BCUT2D eigenvalue weighted by Gasteiger charge is 2.31. The van der Waals surface area contributed by atoms with Crippen molar-refractivity contribution in [1.82, 2.24) is 0 Å². The van der Waals surface area contributed by atoms with Gasteiger partial charge in [-0.3, -0.25) is 4.79 Å². The highest BCUT2D eigenvalue weighted by atomic mass is 19.3. The predicted octanol–water partition coefficient (Wildman–Crippen LogP) is 3.34. The Morgan fingerprint density at radius 3 is 2.10 bits per heavy atom. The maximum atomic E-state index is 12.6. The molecule has 1 aliphatic heterocycles. The van der Waals surface area contributed by atoms with Gasteiger partial charge >= 0.3 is 12.6 Å². The zero-order valence-electron chi connectivity index (χ0n) is 16.1. The van der Waals surface area contributed by atoms with Crippen LogP contribution in [0.2, 0.25) is 0 Å². The molecular formula is C21H17F2N3O4. The number of ether oxygens (including phenoxy) is 2. The van der Waals surface area contributed by atoms with Crippen LogP contribution in [0.4, 0.5) is 20.2 Å². The molecule has 0 radical (unpaired) electrons. The molecule has 1 heterocycles. The first kappa shape index (κ1) is 20.8. The van der Waals surface area contributed by atoms with Gasteiger partial charge in [0.25, 0.3) is 0 Å². The van der Waals surface area contributed by atoms with E-state index in [1.807, 2.05) is 30.3 Å². The monoisotopic (exact) mass is 413 g/mol. The average Bonchev–Trinajstić information content (AvgIpc) is 2.98. The lowest BCUT2D eigenvalue weighted by atomic mass is 10.2. The van der Waals surface area contributed by atoms with E-state index in [0.29, 0.717) is 5.82 Å². The summed E-state index contributed by atoms with van der Waals surface area (Å²) in [4.78, 5) is 28.2. The van der Waals surface area contributed by atoms with Crippen LogP contribution < -0.4 is 14.5 Å². The third-order valence-electron chi connectivity index (χ3n) is 4.50. The maximum Gasteiger partial charge on any atom is 0.387 e. The predicted molar refractivity (Wildman–Crippen MR) is 104 cm³/mol. The van der Waals surface area contributed by atoms with Crippen LogP contribution in [0, 0.1) is 11.3 Å². The summed E-state index contributed by atoms with van der Waals surface area (Å²) in [6, 6.07) is 14.2. The molecule has 30 heavy (non-hydrogen) atoms. The van der Waals surface area contributed by atoms with Gasteiger partial charge < -0.3 is 19.3 Å². The van der Waals surface area contributed by atoms with Crippen LogP contribution in [0.15, 0.2) is 59.9 Å². The Morgan fingerprint density at radius 2 is 1.60 bits per heavy atom. The quantitative estimate of drug-likeness (QED) is 0.408. The van der Waals surface area contributed by atoms with E-state index in [-0.39, 0.29) is 16.9 Å². The zero-order chi connectivity index (χ0) is 21.8. The van der Waals surface area contributed by atoms with E-state index in [1.54, 1.807) is 23.9 Å². The van der Waals surface area contributed by atoms with Crippen LogP contribution in [0.1, 0.15) is 10.4 Å². The van der Waals surface area contributed by atoms with Crippen molar-refractivity contribution in [3.63, 3.8) is 0 Å². The average molecular weight is 413 g/mol. The molecule has 0 saturated carbocycles. The Kier molecular flexibility index (Phi) is 5.97. The molecule has 0 amide bonds. The topological polar surface area (TPSA) is 82.9 Å². The van der Waals surface area contributed by atoms with Crippen LogP contribution in [0.5, 0.6) is 5.75 Å². The van der Waals surface area contributed by atoms with Crippen molar-refractivity contribution in [2.24, 2.45) is 0 Å². The van der Waals surface area contributed by atoms with E-state index in [0.717, 1.165) is 11.4 Å². The van der Waals surface area contributed by atoms with Gasteiger partial charge in [-0.15, -0.1) is 0 Å². The van der Waals surface area contributed by atoms with Crippen molar-refractivity contribution in [3.05, 3.63) is 65.5 Å². The molecule has 0 unspecified atom stereocenters. The number of alkyl halides is 2. The van der Waals surface area contributed by atoms with E-state index in [2.05, 4.69) is 4.74 Å². The molecule has 0 N–H and O–H groups in total. The maximum absolute atomic E-state index is 12.6.